The summed E-state index contributed by atoms with van der Waals surface area (Å²) in [5.74, 6) is -0.392. The molecule has 0 spiro atoms. The molecule has 0 atom stereocenters. The smallest absolute Gasteiger partial charge is 0.335 e. The predicted octanol–water partition coefficient (Wildman–Crippen LogP) is 3.83. The Morgan fingerprint density at radius 1 is 1.39 bits per heavy atom. The van der Waals surface area contributed by atoms with Crippen molar-refractivity contribution in [2.24, 2.45) is 0 Å². The molecule has 0 saturated heterocycles. The zero-order valence-corrected chi connectivity index (χ0v) is 11.8. The van der Waals surface area contributed by atoms with Crippen LogP contribution in [-0.4, -0.2) is 17.7 Å². The van der Waals surface area contributed by atoms with Crippen molar-refractivity contribution in [1.82, 2.24) is 0 Å². The molecule has 2 rings (SSSR count). The number of hydrogen-bond acceptors (Lipinski definition) is 3. The largest absolute Gasteiger partial charge is 0.492 e. The van der Waals surface area contributed by atoms with Gasteiger partial charge in [0, 0.05) is 11.3 Å². The highest BCUT2D eigenvalue weighted by molar-refractivity contribution is 9.10. The van der Waals surface area contributed by atoms with Crippen LogP contribution >= 0.6 is 27.3 Å². The summed E-state index contributed by atoms with van der Waals surface area (Å²) in [4.78, 5) is 12.1. The number of ether oxygens (including phenoxy) is 1. The quantitative estimate of drug-likeness (QED) is 0.908. The fourth-order valence-corrected chi connectivity index (χ4v) is 2.51. The minimum Gasteiger partial charge on any atom is -0.492 e. The Kier molecular flexibility index (Phi) is 4.38. The Labute approximate surface area is 117 Å². The number of carbonyl (C=O) groups is 1. The molecule has 1 heterocycles. The molecule has 5 heteroatoms. The number of benzene rings is 1. The highest BCUT2D eigenvalue weighted by Crippen LogP contribution is 2.26. The van der Waals surface area contributed by atoms with Gasteiger partial charge in [0.2, 0.25) is 0 Å². The van der Waals surface area contributed by atoms with Crippen LogP contribution in [0, 0.1) is 0 Å². The molecule has 1 aromatic heterocycles. The SMILES string of the molecule is O=C(O)c1ccc(Br)c(OCCc2cccs2)c1. The molecule has 0 aliphatic rings. The highest BCUT2D eigenvalue weighted by atomic mass is 79.9. The van der Waals surface area contributed by atoms with E-state index in [0.29, 0.717) is 12.4 Å². The summed E-state index contributed by atoms with van der Waals surface area (Å²) < 4.78 is 6.36. The number of rotatable bonds is 5. The molecule has 0 radical (unpaired) electrons. The fourth-order valence-electron chi connectivity index (χ4n) is 1.46. The molecule has 0 saturated carbocycles. The lowest BCUT2D eigenvalue weighted by atomic mass is 10.2. The van der Waals surface area contributed by atoms with Crippen molar-refractivity contribution in [2.75, 3.05) is 6.61 Å². The summed E-state index contributed by atoms with van der Waals surface area (Å²) in [6, 6.07) is 8.81. The van der Waals surface area contributed by atoms with Gasteiger partial charge < -0.3 is 9.84 Å². The lowest BCUT2D eigenvalue weighted by molar-refractivity contribution is 0.0696. The van der Waals surface area contributed by atoms with Crippen LogP contribution in [0.2, 0.25) is 0 Å². The van der Waals surface area contributed by atoms with Gasteiger partial charge in [0.05, 0.1) is 16.6 Å². The molecular formula is C13H11BrO3S. The molecule has 94 valence electrons. The van der Waals surface area contributed by atoms with E-state index < -0.39 is 5.97 Å². The van der Waals surface area contributed by atoms with Crippen molar-refractivity contribution in [3.8, 4) is 5.75 Å². The zero-order valence-electron chi connectivity index (χ0n) is 9.43. The lowest BCUT2D eigenvalue weighted by Gasteiger charge is -2.08. The first-order valence-electron chi connectivity index (χ1n) is 5.35. The van der Waals surface area contributed by atoms with E-state index >= 15 is 0 Å². The van der Waals surface area contributed by atoms with E-state index in [4.69, 9.17) is 9.84 Å². The second-order valence-corrected chi connectivity index (χ2v) is 5.51. The van der Waals surface area contributed by atoms with E-state index in [1.807, 2.05) is 11.4 Å². The van der Waals surface area contributed by atoms with Gasteiger partial charge in [-0.2, -0.15) is 0 Å². The molecule has 2 aromatic rings. The maximum Gasteiger partial charge on any atom is 0.335 e. The Hall–Kier alpha value is -1.33. The van der Waals surface area contributed by atoms with E-state index in [9.17, 15) is 4.79 Å². The third-order valence-corrected chi connectivity index (χ3v) is 3.96. The summed E-state index contributed by atoms with van der Waals surface area (Å²) >= 11 is 5.03. The first-order chi connectivity index (χ1) is 8.66. The van der Waals surface area contributed by atoms with Gasteiger partial charge in [0.15, 0.2) is 0 Å². The van der Waals surface area contributed by atoms with Crippen molar-refractivity contribution < 1.29 is 14.6 Å². The molecule has 0 aliphatic heterocycles. The van der Waals surface area contributed by atoms with Gasteiger partial charge >= 0.3 is 5.97 Å². The van der Waals surface area contributed by atoms with Crippen molar-refractivity contribution in [2.45, 2.75) is 6.42 Å². The highest BCUT2D eigenvalue weighted by Gasteiger charge is 2.08. The molecule has 0 bridgehead atoms. The maximum absolute atomic E-state index is 10.9. The molecule has 0 fully saturated rings. The number of hydrogen-bond donors (Lipinski definition) is 1. The Balaban J connectivity index is 2.00. The van der Waals surface area contributed by atoms with Crippen LogP contribution in [0.1, 0.15) is 15.2 Å². The number of carboxylic acids is 1. The van der Waals surface area contributed by atoms with Crippen LogP contribution in [0.3, 0.4) is 0 Å². The van der Waals surface area contributed by atoms with Gasteiger partial charge in [0.25, 0.3) is 0 Å². The summed E-state index contributed by atoms with van der Waals surface area (Å²) in [5, 5.41) is 10.9. The third kappa shape index (κ3) is 3.34. The minimum absolute atomic E-state index is 0.226. The molecule has 1 N–H and O–H groups in total. The van der Waals surface area contributed by atoms with E-state index in [0.717, 1.165) is 10.9 Å². The first-order valence-corrected chi connectivity index (χ1v) is 7.02. The van der Waals surface area contributed by atoms with Crippen molar-refractivity contribution in [1.29, 1.82) is 0 Å². The van der Waals surface area contributed by atoms with Crippen LogP contribution in [0.15, 0.2) is 40.2 Å². The summed E-state index contributed by atoms with van der Waals surface area (Å²) in [5.41, 5.74) is 0.226. The van der Waals surface area contributed by atoms with Gasteiger partial charge in [-0.25, -0.2) is 4.79 Å². The standard InChI is InChI=1S/C13H11BrO3S/c14-11-4-3-9(13(15)16)8-12(11)17-6-5-10-2-1-7-18-10/h1-4,7-8H,5-6H2,(H,15,16). The normalized spacial score (nSPS) is 10.3. The van der Waals surface area contributed by atoms with Gasteiger partial charge in [-0.15, -0.1) is 11.3 Å². The number of halogens is 1. The topological polar surface area (TPSA) is 46.5 Å². The van der Waals surface area contributed by atoms with Crippen LogP contribution in [0.25, 0.3) is 0 Å². The zero-order chi connectivity index (χ0) is 13.0. The fraction of sp³-hybridized carbons (Fsp3) is 0.154. The van der Waals surface area contributed by atoms with Crippen LogP contribution in [0.5, 0.6) is 5.75 Å². The molecule has 1 aromatic carbocycles. The Morgan fingerprint density at radius 2 is 2.22 bits per heavy atom. The molecule has 3 nitrogen and oxygen atoms in total. The van der Waals surface area contributed by atoms with E-state index in [2.05, 4.69) is 22.0 Å². The van der Waals surface area contributed by atoms with Gasteiger partial charge in [0.1, 0.15) is 5.75 Å². The number of aromatic carboxylic acids is 1. The summed E-state index contributed by atoms with van der Waals surface area (Å²) in [7, 11) is 0. The van der Waals surface area contributed by atoms with E-state index in [-0.39, 0.29) is 5.56 Å². The van der Waals surface area contributed by atoms with Crippen molar-refractivity contribution in [3.05, 3.63) is 50.6 Å². The van der Waals surface area contributed by atoms with E-state index in [1.54, 1.807) is 23.5 Å². The summed E-state index contributed by atoms with van der Waals surface area (Å²) in [6.07, 6.45) is 0.821. The van der Waals surface area contributed by atoms with Crippen LogP contribution < -0.4 is 4.74 Å². The predicted molar refractivity (Wildman–Crippen MR) is 74.6 cm³/mol. The third-order valence-electron chi connectivity index (χ3n) is 2.36. The number of carboxylic acid groups (broad SMARTS) is 1. The Bertz CT molecular complexity index is 537. The van der Waals surface area contributed by atoms with Gasteiger partial charge in [-0.3, -0.25) is 0 Å². The Morgan fingerprint density at radius 3 is 2.89 bits per heavy atom. The maximum atomic E-state index is 10.9. The van der Waals surface area contributed by atoms with Crippen molar-refractivity contribution in [3.63, 3.8) is 0 Å². The molecular weight excluding hydrogens is 316 g/mol. The second kappa shape index (κ2) is 6.02. The minimum atomic E-state index is -0.953. The van der Waals surface area contributed by atoms with Gasteiger partial charge in [-0.05, 0) is 45.6 Å². The second-order valence-electron chi connectivity index (χ2n) is 3.63. The lowest BCUT2D eigenvalue weighted by Crippen LogP contribution is -2.02. The number of thiophene rings is 1. The average molecular weight is 327 g/mol. The molecule has 0 amide bonds. The molecule has 0 unspecified atom stereocenters. The van der Waals surface area contributed by atoms with Crippen molar-refractivity contribution >= 4 is 33.2 Å². The monoisotopic (exact) mass is 326 g/mol. The van der Waals surface area contributed by atoms with Gasteiger partial charge in [-0.1, -0.05) is 6.07 Å². The molecule has 0 aliphatic carbocycles. The first kappa shape index (κ1) is 13.1. The van der Waals surface area contributed by atoms with Crippen LogP contribution in [0.4, 0.5) is 0 Å². The summed E-state index contributed by atoms with van der Waals surface area (Å²) in [6.45, 7) is 0.530. The molecule has 18 heavy (non-hydrogen) atoms. The van der Waals surface area contributed by atoms with Crippen LogP contribution in [-0.2, 0) is 6.42 Å². The van der Waals surface area contributed by atoms with E-state index in [1.165, 1.54) is 10.9 Å². The average Bonchev–Trinajstić information content (AvgIpc) is 2.84.